The number of alkyl halides is 1. The molecule has 0 bridgehead atoms. The first kappa shape index (κ1) is 15.4. The van der Waals surface area contributed by atoms with E-state index in [9.17, 15) is 9.59 Å². The zero-order valence-corrected chi connectivity index (χ0v) is 11.7. The van der Waals surface area contributed by atoms with Crippen LogP contribution in [-0.4, -0.2) is 42.1 Å². The van der Waals surface area contributed by atoms with Crippen molar-refractivity contribution in [1.82, 2.24) is 4.90 Å². The number of nitrogens with zero attached hydrogens (tertiary/aromatic N) is 2. The van der Waals surface area contributed by atoms with Gasteiger partial charge in [-0.1, -0.05) is 6.08 Å². The summed E-state index contributed by atoms with van der Waals surface area (Å²) in [5, 5.41) is 9.11. The molecular formula is C13H16ClN3O2. The van der Waals surface area contributed by atoms with Crippen molar-refractivity contribution >= 4 is 23.3 Å². The van der Waals surface area contributed by atoms with Crippen LogP contribution in [0.4, 0.5) is 0 Å². The Labute approximate surface area is 117 Å². The smallest absolute Gasteiger partial charge is 0.254 e. The highest BCUT2D eigenvalue weighted by atomic mass is 35.5. The minimum absolute atomic E-state index is 0.135. The van der Waals surface area contributed by atoms with Crippen molar-refractivity contribution in [2.24, 2.45) is 5.73 Å². The van der Waals surface area contributed by atoms with Gasteiger partial charge in [-0.25, -0.2) is 0 Å². The van der Waals surface area contributed by atoms with E-state index in [0.29, 0.717) is 0 Å². The van der Waals surface area contributed by atoms with Crippen molar-refractivity contribution in [1.29, 1.82) is 5.26 Å². The third kappa shape index (κ3) is 3.22. The monoisotopic (exact) mass is 281 g/mol. The summed E-state index contributed by atoms with van der Waals surface area (Å²) in [5.74, 6) is -0.330. The third-order valence-corrected chi connectivity index (χ3v) is 3.12. The number of hydrogen-bond acceptors (Lipinski definition) is 4. The molecule has 1 rings (SSSR count). The van der Waals surface area contributed by atoms with E-state index in [0.717, 1.165) is 0 Å². The number of carbonyl (C=O) groups excluding carboxylic acids is 2. The van der Waals surface area contributed by atoms with Crippen molar-refractivity contribution in [2.45, 2.75) is 18.4 Å². The van der Waals surface area contributed by atoms with Crippen molar-refractivity contribution in [2.75, 3.05) is 20.0 Å². The number of Topliss-reactive ketones (excluding diaryl/α,β-unsaturated/α-hetero) is 1. The van der Waals surface area contributed by atoms with Crippen LogP contribution >= 0.6 is 11.6 Å². The molecule has 1 atom stereocenters. The van der Waals surface area contributed by atoms with Crippen LogP contribution in [0.25, 0.3) is 0 Å². The van der Waals surface area contributed by atoms with Crippen LogP contribution in [0.1, 0.15) is 12.8 Å². The summed E-state index contributed by atoms with van der Waals surface area (Å²) in [7, 11) is 3.20. The molecule has 0 fully saturated rings. The van der Waals surface area contributed by atoms with Crippen LogP contribution < -0.4 is 5.73 Å². The van der Waals surface area contributed by atoms with Gasteiger partial charge in [0.2, 0.25) is 0 Å². The van der Waals surface area contributed by atoms with Crippen LogP contribution in [0.5, 0.6) is 0 Å². The summed E-state index contributed by atoms with van der Waals surface area (Å²) in [5.41, 5.74) is 5.17. The number of hydrogen-bond donors (Lipinski definition) is 1. The van der Waals surface area contributed by atoms with E-state index in [1.807, 2.05) is 6.07 Å². The Morgan fingerprint density at radius 3 is 2.68 bits per heavy atom. The molecule has 0 heterocycles. The first-order valence-corrected chi connectivity index (χ1v) is 6.32. The van der Waals surface area contributed by atoms with E-state index < -0.39 is 5.54 Å². The molecular weight excluding hydrogens is 266 g/mol. The van der Waals surface area contributed by atoms with Gasteiger partial charge in [0.25, 0.3) is 5.91 Å². The summed E-state index contributed by atoms with van der Waals surface area (Å²) in [6.45, 7) is 0. The van der Waals surface area contributed by atoms with Crippen molar-refractivity contribution < 1.29 is 9.59 Å². The zero-order valence-electron chi connectivity index (χ0n) is 10.9. The first-order valence-electron chi connectivity index (χ1n) is 5.79. The number of carbonyl (C=O) groups is 2. The molecule has 0 saturated heterocycles. The van der Waals surface area contributed by atoms with Crippen molar-refractivity contribution in [3.05, 3.63) is 23.3 Å². The van der Waals surface area contributed by atoms with Gasteiger partial charge < -0.3 is 10.6 Å². The average Bonchev–Trinajstić information content (AvgIpc) is 2.38. The van der Waals surface area contributed by atoms with Crippen LogP contribution in [-0.2, 0) is 9.59 Å². The molecule has 0 aromatic heterocycles. The Kier molecular flexibility index (Phi) is 4.87. The van der Waals surface area contributed by atoms with Gasteiger partial charge in [-0.2, -0.15) is 5.26 Å². The Hall–Kier alpha value is -1.64. The van der Waals surface area contributed by atoms with Gasteiger partial charge in [-0.15, -0.1) is 11.6 Å². The van der Waals surface area contributed by atoms with Crippen molar-refractivity contribution in [3.8, 4) is 6.07 Å². The Morgan fingerprint density at radius 1 is 1.58 bits per heavy atom. The lowest BCUT2D eigenvalue weighted by Crippen LogP contribution is -2.47. The molecule has 0 aromatic carbocycles. The molecule has 1 amide bonds. The summed E-state index contributed by atoms with van der Waals surface area (Å²) in [6, 6.07) is 1.92. The average molecular weight is 282 g/mol. The number of nitriles is 1. The van der Waals surface area contributed by atoms with Gasteiger partial charge in [-0.3, -0.25) is 9.59 Å². The highest BCUT2D eigenvalue weighted by Gasteiger charge is 2.35. The fourth-order valence-electron chi connectivity index (χ4n) is 1.82. The summed E-state index contributed by atoms with van der Waals surface area (Å²) in [4.78, 5) is 25.2. The fraction of sp³-hybridized carbons (Fsp3) is 0.462. The molecule has 5 nitrogen and oxygen atoms in total. The molecule has 1 aliphatic rings. The lowest BCUT2D eigenvalue weighted by atomic mass is 9.81. The zero-order chi connectivity index (χ0) is 14.6. The van der Waals surface area contributed by atoms with E-state index in [4.69, 9.17) is 22.6 Å². The minimum Gasteiger partial charge on any atom is -0.345 e. The molecule has 0 aliphatic heterocycles. The molecule has 0 spiro atoms. The van der Waals surface area contributed by atoms with Crippen LogP contribution in [0.2, 0.25) is 0 Å². The molecule has 1 aliphatic carbocycles. The maximum absolute atomic E-state index is 11.9. The maximum Gasteiger partial charge on any atom is 0.254 e. The lowest BCUT2D eigenvalue weighted by Gasteiger charge is -2.28. The van der Waals surface area contributed by atoms with Crippen molar-refractivity contribution in [3.63, 3.8) is 0 Å². The highest BCUT2D eigenvalue weighted by molar-refractivity contribution is 6.19. The van der Waals surface area contributed by atoms with Crippen LogP contribution in [0, 0.1) is 11.3 Å². The van der Waals surface area contributed by atoms with Gasteiger partial charge in [0.05, 0.1) is 22.8 Å². The molecule has 0 radical (unpaired) electrons. The summed E-state index contributed by atoms with van der Waals surface area (Å²) < 4.78 is 0. The Bertz CT molecular complexity index is 503. The van der Waals surface area contributed by atoms with Crippen LogP contribution in [0.15, 0.2) is 23.3 Å². The molecule has 2 N–H and O–H groups in total. The van der Waals surface area contributed by atoms with Gasteiger partial charge in [-0.05, 0) is 12.5 Å². The van der Waals surface area contributed by atoms with Gasteiger partial charge in [0.1, 0.15) is 0 Å². The predicted molar refractivity (Wildman–Crippen MR) is 72.4 cm³/mol. The van der Waals surface area contributed by atoms with Gasteiger partial charge in [0.15, 0.2) is 5.78 Å². The largest absolute Gasteiger partial charge is 0.345 e. The standard InChI is InChI=1S/C13H16ClN3O2/c1-17(2)12(19)10-3-5-13(16,7-9(10)8-15)11(18)4-6-14/h3,7H,4-6,16H2,1-2H3. The van der Waals surface area contributed by atoms with E-state index in [1.165, 1.54) is 11.0 Å². The van der Waals surface area contributed by atoms with E-state index in [-0.39, 0.29) is 41.6 Å². The highest BCUT2D eigenvalue weighted by Crippen LogP contribution is 2.27. The fourth-order valence-corrected chi connectivity index (χ4v) is 2.00. The molecule has 1 unspecified atom stereocenters. The minimum atomic E-state index is -1.24. The Balaban J connectivity index is 3.08. The SMILES string of the molecule is CN(C)C(=O)C1=CCC(N)(C(=O)CCCl)C=C1C#N. The number of ketones is 1. The van der Waals surface area contributed by atoms with Gasteiger partial charge >= 0.3 is 0 Å². The third-order valence-electron chi connectivity index (χ3n) is 2.93. The normalized spacial score (nSPS) is 22.1. The summed E-state index contributed by atoms with van der Waals surface area (Å²) in [6.07, 6.45) is 3.26. The molecule has 6 heteroatoms. The van der Waals surface area contributed by atoms with E-state index >= 15 is 0 Å². The number of nitrogens with two attached hydrogens (primary N) is 1. The number of likely N-dealkylation sites (N-methyl/N-ethyl adjacent to an activating group) is 1. The number of rotatable bonds is 4. The lowest BCUT2D eigenvalue weighted by molar-refractivity contribution is -0.125. The number of halogens is 1. The molecule has 0 saturated carbocycles. The predicted octanol–water partition coefficient (Wildman–Crippen LogP) is 0.750. The number of amides is 1. The maximum atomic E-state index is 11.9. The van der Waals surface area contributed by atoms with Gasteiger partial charge in [0, 0.05) is 26.4 Å². The quantitative estimate of drug-likeness (QED) is 0.770. The van der Waals surface area contributed by atoms with E-state index in [1.54, 1.807) is 20.2 Å². The summed E-state index contributed by atoms with van der Waals surface area (Å²) >= 11 is 5.53. The first-order chi connectivity index (χ1) is 8.85. The second kappa shape index (κ2) is 6.00. The molecule has 102 valence electrons. The topological polar surface area (TPSA) is 87.2 Å². The molecule has 19 heavy (non-hydrogen) atoms. The second-order valence-corrected chi connectivity index (χ2v) is 4.97. The van der Waals surface area contributed by atoms with E-state index in [2.05, 4.69) is 0 Å². The molecule has 0 aromatic rings. The van der Waals surface area contributed by atoms with Crippen LogP contribution in [0.3, 0.4) is 0 Å². The Morgan fingerprint density at radius 2 is 2.21 bits per heavy atom. The second-order valence-electron chi connectivity index (χ2n) is 4.59.